The molecule has 1 heterocycles. The van der Waals surface area contributed by atoms with E-state index in [2.05, 4.69) is 4.98 Å². The fraction of sp³-hybridized carbons (Fsp3) is 0.455. The minimum absolute atomic E-state index is 0.634. The first-order valence-electron chi connectivity index (χ1n) is 5.02. The highest BCUT2D eigenvalue weighted by Crippen LogP contribution is 2.29. The summed E-state index contributed by atoms with van der Waals surface area (Å²) in [5, 5.41) is 8.09. The van der Waals surface area contributed by atoms with Crippen LogP contribution in [-0.4, -0.2) is 22.7 Å². The molecule has 0 unspecified atom stereocenters. The summed E-state index contributed by atoms with van der Waals surface area (Å²) >= 11 is 5.76. The van der Waals surface area contributed by atoms with E-state index < -0.39 is 5.97 Å². The van der Waals surface area contributed by atoms with E-state index in [1.807, 2.05) is 0 Å². The number of hydrogen-bond donors (Lipinski definition) is 1. The molecule has 0 aliphatic heterocycles. The van der Waals surface area contributed by atoms with Crippen molar-refractivity contribution in [2.75, 3.05) is 6.61 Å². The highest BCUT2D eigenvalue weighted by Gasteiger charge is 2.21. The average Bonchev–Trinajstić information content (AvgIpc) is 2.97. The fourth-order valence-corrected chi connectivity index (χ4v) is 1.10. The van der Waals surface area contributed by atoms with E-state index in [9.17, 15) is 0 Å². The quantitative estimate of drug-likeness (QED) is 0.887. The Hall–Kier alpha value is -1.29. The lowest BCUT2D eigenvalue weighted by atomic mass is 10.4. The molecule has 1 aliphatic rings. The third-order valence-electron chi connectivity index (χ3n) is 1.86. The molecule has 1 N–H and O–H groups in total. The second-order valence-electron chi connectivity index (χ2n) is 3.59. The van der Waals surface area contributed by atoms with Gasteiger partial charge in [-0.05, 0) is 24.8 Å². The zero-order chi connectivity index (χ0) is 12.0. The third-order valence-corrected chi connectivity index (χ3v) is 2.10. The number of hydrogen-bond acceptors (Lipinski definition) is 3. The predicted octanol–water partition coefficient (Wildman–Crippen LogP) is 2.61. The number of aliphatic carboxylic acids is 1. The lowest BCUT2D eigenvalue weighted by molar-refractivity contribution is -0.134. The second-order valence-corrected chi connectivity index (χ2v) is 4.02. The van der Waals surface area contributed by atoms with E-state index in [0.717, 1.165) is 19.4 Å². The van der Waals surface area contributed by atoms with Crippen molar-refractivity contribution in [2.45, 2.75) is 19.8 Å². The second kappa shape index (κ2) is 6.33. The van der Waals surface area contributed by atoms with Gasteiger partial charge in [0, 0.05) is 24.2 Å². The monoisotopic (exact) mass is 243 g/mol. The molecule has 0 atom stereocenters. The van der Waals surface area contributed by atoms with Crippen molar-refractivity contribution in [2.24, 2.45) is 5.92 Å². The Bertz CT molecular complexity index is 349. The average molecular weight is 244 g/mol. The Morgan fingerprint density at radius 1 is 1.69 bits per heavy atom. The summed E-state index contributed by atoms with van der Waals surface area (Å²) < 4.78 is 5.42. The van der Waals surface area contributed by atoms with Crippen molar-refractivity contribution >= 4 is 17.6 Å². The van der Waals surface area contributed by atoms with Crippen LogP contribution in [0, 0.1) is 5.92 Å². The molecule has 2 rings (SSSR count). The molecule has 88 valence electrons. The maximum atomic E-state index is 9.00. The molecule has 0 radical (unpaired) electrons. The number of nitrogens with zero attached hydrogens (tertiary/aromatic N) is 1. The minimum atomic E-state index is -0.833. The summed E-state index contributed by atoms with van der Waals surface area (Å²) in [6.07, 6.45) is 4.24. The van der Waals surface area contributed by atoms with Crippen LogP contribution >= 0.6 is 11.6 Å². The normalized spacial score (nSPS) is 13.6. The Labute approximate surface area is 99.2 Å². The number of carbonyl (C=O) groups is 1. The molecule has 1 aromatic heterocycles. The number of carboxylic acids is 1. The standard InChI is InChI=1S/C9H10ClNO.C2H4O2/c10-8-3-4-11-9(5-8)12-6-7-1-2-7;1-2(3)4/h3-5,7H,1-2,6H2;1H3,(H,3,4). The Morgan fingerprint density at radius 3 is 2.81 bits per heavy atom. The van der Waals surface area contributed by atoms with Gasteiger partial charge in [-0.25, -0.2) is 4.98 Å². The van der Waals surface area contributed by atoms with E-state index >= 15 is 0 Å². The highest BCUT2D eigenvalue weighted by molar-refractivity contribution is 6.30. The van der Waals surface area contributed by atoms with E-state index in [0.29, 0.717) is 10.9 Å². The molecule has 16 heavy (non-hydrogen) atoms. The van der Waals surface area contributed by atoms with Crippen molar-refractivity contribution in [1.29, 1.82) is 0 Å². The van der Waals surface area contributed by atoms with Gasteiger partial charge in [0.25, 0.3) is 5.97 Å². The molecular formula is C11H14ClNO3. The van der Waals surface area contributed by atoms with Crippen LogP contribution in [0.1, 0.15) is 19.8 Å². The van der Waals surface area contributed by atoms with Gasteiger partial charge in [-0.15, -0.1) is 0 Å². The zero-order valence-electron chi connectivity index (χ0n) is 9.02. The van der Waals surface area contributed by atoms with Crippen LogP contribution in [0.2, 0.25) is 5.02 Å². The fourth-order valence-electron chi connectivity index (χ4n) is 0.952. The highest BCUT2D eigenvalue weighted by atomic mass is 35.5. The summed E-state index contributed by atoms with van der Waals surface area (Å²) in [6, 6.07) is 3.48. The first kappa shape index (κ1) is 12.8. The van der Waals surface area contributed by atoms with Crippen LogP contribution in [0.15, 0.2) is 18.3 Å². The number of ether oxygens (including phenoxy) is 1. The lowest BCUT2D eigenvalue weighted by Gasteiger charge is -2.02. The van der Waals surface area contributed by atoms with Gasteiger partial charge in [-0.2, -0.15) is 0 Å². The number of pyridine rings is 1. The van der Waals surface area contributed by atoms with Crippen LogP contribution in [0.5, 0.6) is 5.88 Å². The predicted molar refractivity (Wildman–Crippen MR) is 60.8 cm³/mol. The van der Waals surface area contributed by atoms with Gasteiger partial charge >= 0.3 is 0 Å². The molecule has 4 nitrogen and oxygen atoms in total. The summed E-state index contributed by atoms with van der Waals surface area (Å²) in [7, 11) is 0. The van der Waals surface area contributed by atoms with Crippen LogP contribution in [0.3, 0.4) is 0 Å². The Kier molecular flexibility index (Phi) is 5.05. The van der Waals surface area contributed by atoms with Crippen molar-refractivity contribution in [3.05, 3.63) is 23.4 Å². The van der Waals surface area contributed by atoms with Crippen LogP contribution in [0.25, 0.3) is 0 Å². The van der Waals surface area contributed by atoms with Crippen LogP contribution < -0.4 is 4.74 Å². The summed E-state index contributed by atoms with van der Waals surface area (Å²) in [5.74, 6) is 0.556. The van der Waals surface area contributed by atoms with Gasteiger partial charge in [0.05, 0.1) is 6.61 Å². The number of rotatable bonds is 3. The smallest absolute Gasteiger partial charge is 0.300 e. The van der Waals surface area contributed by atoms with Gasteiger partial charge in [0.2, 0.25) is 5.88 Å². The molecule has 5 heteroatoms. The van der Waals surface area contributed by atoms with Crippen molar-refractivity contribution in [3.63, 3.8) is 0 Å². The van der Waals surface area contributed by atoms with Gasteiger partial charge in [0.1, 0.15) is 0 Å². The maximum Gasteiger partial charge on any atom is 0.300 e. The first-order valence-corrected chi connectivity index (χ1v) is 5.39. The summed E-state index contributed by atoms with van der Waals surface area (Å²) in [6.45, 7) is 1.87. The van der Waals surface area contributed by atoms with Gasteiger partial charge in [-0.1, -0.05) is 11.6 Å². The van der Waals surface area contributed by atoms with Crippen molar-refractivity contribution in [3.8, 4) is 5.88 Å². The van der Waals surface area contributed by atoms with Crippen LogP contribution in [-0.2, 0) is 4.79 Å². The molecule has 0 spiro atoms. The van der Waals surface area contributed by atoms with Gasteiger partial charge < -0.3 is 9.84 Å². The van der Waals surface area contributed by atoms with Crippen molar-refractivity contribution < 1.29 is 14.6 Å². The Morgan fingerprint density at radius 2 is 2.31 bits per heavy atom. The molecule has 1 saturated carbocycles. The van der Waals surface area contributed by atoms with E-state index in [4.69, 9.17) is 26.2 Å². The molecular weight excluding hydrogens is 230 g/mol. The van der Waals surface area contributed by atoms with Gasteiger partial charge in [0.15, 0.2) is 0 Å². The topological polar surface area (TPSA) is 59.4 Å². The molecule has 1 fully saturated rings. The number of aromatic nitrogens is 1. The Balaban J connectivity index is 0.000000280. The summed E-state index contributed by atoms with van der Waals surface area (Å²) in [5.41, 5.74) is 0. The number of halogens is 1. The first-order chi connectivity index (χ1) is 7.58. The maximum absolute atomic E-state index is 9.00. The van der Waals surface area contributed by atoms with E-state index in [1.54, 1.807) is 18.3 Å². The van der Waals surface area contributed by atoms with Crippen LogP contribution in [0.4, 0.5) is 0 Å². The zero-order valence-corrected chi connectivity index (χ0v) is 9.78. The van der Waals surface area contributed by atoms with Gasteiger partial charge in [-0.3, -0.25) is 4.79 Å². The molecule has 0 bridgehead atoms. The molecule has 0 saturated heterocycles. The molecule has 1 aliphatic carbocycles. The van der Waals surface area contributed by atoms with E-state index in [1.165, 1.54) is 12.8 Å². The molecule has 0 amide bonds. The minimum Gasteiger partial charge on any atom is -0.481 e. The molecule has 1 aromatic rings. The van der Waals surface area contributed by atoms with E-state index in [-0.39, 0.29) is 0 Å². The SMILES string of the molecule is CC(=O)O.Clc1ccnc(OCC2CC2)c1. The third kappa shape index (κ3) is 6.24. The lowest BCUT2D eigenvalue weighted by Crippen LogP contribution is -1.99. The molecule has 0 aromatic carbocycles. The largest absolute Gasteiger partial charge is 0.481 e. The number of carboxylic acid groups (broad SMARTS) is 1. The van der Waals surface area contributed by atoms with Crippen molar-refractivity contribution in [1.82, 2.24) is 4.98 Å². The summed E-state index contributed by atoms with van der Waals surface area (Å²) in [4.78, 5) is 13.0.